The molecule has 3 N–H and O–H groups in total. The van der Waals surface area contributed by atoms with E-state index in [2.05, 4.69) is 35.0 Å². The standard InChI is InChI=1S/C25H36N4O3/c1-5-26-25(27-14-13-21-8-11-23(12-9-21)29-20(4)30)28-18-22-10-7-19(3)17-24(22)32-16-15-31-6-2/h7-12,17H,5-6,13-16,18H2,1-4H3,(H,29,30)(H2,26,27,28). The van der Waals surface area contributed by atoms with E-state index in [0.29, 0.717) is 26.4 Å². The molecule has 0 aliphatic heterocycles. The Kier molecular flexibility index (Phi) is 11.1. The predicted molar refractivity (Wildman–Crippen MR) is 130 cm³/mol. The third kappa shape index (κ3) is 9.39. The predicted octanol–water partition coefficient (Wildman–Crippen LogP) is 3.67. The van der Waals surface area contributed by atoms with Gasteiger partial charge in [0.1, 0.15) is 12.4 Å². The van der Waals surface area contributed by atoms with Gasteiger partial charge in [0.05, 0.1) is 13.2 Å². The van der Waals surface area contributed by atoms with E-state index in [-0.39, 0.29) is 5.91 Å². The Morgan fingerprint density at radius 1 is 1.03 bits per heavy atom. The average Bonchev–Trinajstić information content (AvgIpc) is 2.77. The third-order valence-corrected chi connectivity index (χ3v) is 4.64. The molecule has 0 unspecified atom stereocenters. The Bertz CT molecular complexity index is 866. The Hall–Kier alpha value is -3.06. The van der Waals surface area contributed by atoms with E-state index in [9.17, 15) is 4.79 Å². The number of nitrogens with one attached hydrogen (secondary N) is 3. The molecule has 1 amide bonds. The lowest BCUT2D eigenvalue weighted by Crippen LogP contribution is -2.38. The summed E-state index contributed by atoms with van der Waals surface area (Å²) in [5.41, 5.74) is 4.18. The number of ether oxygens (including phenoxy) is 2. The van der Waals surface area contributed by atoms with Crippen molar-refractivity contribution < 1.29 is 14.3 Å². The monoisotopic (exact) mass is 440 g/mol. The summed E-state index contributed by atoms with van der Waals surface area (Å²) in [6.07, 6.45) is 0.848. The van der Waals surface area contributed by atoms with Crippen LogP contribution in [0.5, 0.6) is 5.75 Å². The molecule has 0 atom stereocenters. The molecule has 0 spiro atoms. The molecule has 174 valence electrons. The van der Waals surface area contributed by atoms with Crippen LogP contribution >= 0.6 is 0 Å². The summed E-state index contributed by atoms with van der Waals surface area (Å²) >= 11 is 0. The number of hydrogen-bond donors (Lipinski definition) is 3. The van der Waals surface area contributed by atoms with Gasteiger partial charge in [0.25, 0.3) is 0 Å². The molecule has 2 aromatic rings. The Morgan fingerprint density at radius 2 is 1.81 bits per heavy atom. The molecule has 0 aliphatic carbocycles. The minimum Gasteiger partial charge on any atom is -0.491 e. The highest BCUT2D eigenvalue weighted by molar-refractivity contribution is 5.88. The van der Waals surface area contributed by atoms with Gasteiger partial charge in [-0.3, -0.25) is 4.79 Å². The average molecular weight is 441 g/mol. The lowest BCUT2D eigenvalue weighted by Gasteiger charge is -2.14. The van der Waals surface area contributed by atoms with Gasteiger partial charge in [-0.25, -0.2) is 4.99 Å². The number of carbonyl (C=O) groups is 1. The zero-order valence-corrected chi connectivity index (χ0v) is 19.7. The first-order valence-corrected chi connectivity index (χ1v) is 11.2. The van der Waals surface area contributed by atoms with Crippen LogP contribution in [0.1, 0.15) is 37.5 Å². The van der Waals surface area contributed by atoms with Crippen LogP contribution in [0.25, 0.3) is 0 Å². The van der Waals surface area contributed by atoms with Crippen LogP contribution in [0, 0.1) is 6.92 Å². The van der Waals surface area contributed by atoms with Crippen molar-refractivity contribution in [3.63, 3.8) is 0 Å². The third-order valence-electron chi connectivity index (χ3n) is 4.64. The van der Waals surface area contributed by atoms with Crippen molar-refractivity contribution in [2.45, 2.75) is 40.7 Å². The van der Waals surface area contributed by atoms with Crippen molar-refractivity contribution in [3.8, 4) is 5.75 Å². The zero-order valence-electron chi connectivity index (χ0n) is 19.7. The molecule has 32 heavy (non-hydrogen) atoms. The van der Waals surface area contributed by atoms with Crippen LogP contribution in [0.15, 0.2) is 47.5 Å². The van der Waals surface area contributed by atoms with Crippen molar-refractivity contribution in [2.75, 3.05) is 38.2 Å². The quantitative estimate of drug-likeness (QED) is 0.266. The van der Waals surface area contributed by atoms with Crippen LogP contribution in [0.4, 0.5) is 5.69 Å². The van der Waals surface area contributed by atoms with Crippen molar-refractivity contribution in [1.29, 1.82) is 0 Å². The van der Waals surface area contributed by atoms with Crippen LogP contribution in [-0.2, 0) is 22.5 Å². The number of anilines is 1. The molecule has 2 rings (SSSR count). The Morgan fingerprint density at radius 3 is 2.50 bits per heavy atom. The number of rotatable bonds is 12. The molecular formula is C25H36N4O3. The first-order valence-electron chi connectivity index (χ1n) is 11.2. The molecule has 7 heteroatoms. The van der Waals surface area contributed by atoms with Gasteiger partial charge in [-0.15, -0.1) is 0 Å². The first kappa shape index (κ1) is 25.2. The summed E-state index contributed by atoms with van der Waals surface area (Å²) < 4.78 is 11.3. The lowest BCUT2D eigenvalue weighted by atomic mass is 10.1. The second kappa shape index (κ2) is 14.1. The molecule has 0 saturated carbocycles. The minimum absolute atomic E-state index is 0.0673. The fourth-order valence-corrected chi connectivity index (χ4v) is 3.07. The normalized spacial score (nSPS) is 11.2. The zero-order chi connectivity index (χ0) is 23.2. The van der Waals surface area contributed by atoms with Crippen LogP contribution in [0.2, 0.25) is 0 Å². The van der Waals surface area contributed by atoms with Crippen molar-refractivity contribution in [3.05, 3.63) is 59.2 Å². The number of carbonyl (C=O) groups excluding carboxylic acids is 1. The number of aryl methyl sites for hydroxylation is 1. The van der Waals surface area contributed by atoms with E-state index in [1.54, 1.807) is 0 Å². The second-order valence-electron chi connectivity index (χ2n) is 7.41. The van der Waals surface area contributed by atoms with Gasteiger partial charge in [0, 0.05) is 37.9 Å². The molecule has 0 radical (unpaired) electrons. The highest BCUT2D eigenvalue weighted by Gasteiger charge is 2.06. The number of nitrogens with zero attached hydrogens (tertiary/aromatic N) is 1. The van der Waals surface area contributed by atoms with Gasteiger partial charge in [-0.1, -0.05) is 24.3 Å². The first-order chi connectivity index (χ1) is 15.5. The van der Waals surface area contributed by atoms with E-state index >= 15 is 0 Å². The van der Waals surface area contributed by atoms with Crippen LogP contribution in [-0.4, -0.2) is 44.8 Å². The molecule has 0 aromatic heterocycles. The molecule has 0 aliphatic rings. The second-order valence-corrected chi connectivity index (χ2v) is 7.41. The summed E-state index contributed by atoms with van der Waals surface area (Å²) in [5.74, 6) is 1.55. The Balaban J connectivity index is 1.92. The smallest absolute Gasteiger partial charge is 0.221 e. The Labute approximate surface area is 191 Å². The maximum absolute atomic E-state index is 11.1. The maximum Gasteiger partial charge on any atom is 0.221 e. The number of hydrogen-bond acceptors (Lipinski definition) is 4. The van der Waals surface area contributed by atoms with Gasteiger partial charge >= 0.3 is 0 Å². The highest BCUT2D eigenvalue weighted by atomic mass is 16.5. The molecule has 0 heterocycles. The fourth-order valence-electron chi connectivity index (χ4n) is 3.07. The van der Waals surface area contributed by atoms with Gasteiger partial charge in [-0.05, 0) is 56.5 Å². The van der Waals surface area contributed by atoms with E-state index in [0.717, 1.165) is 48.0 Å². The molecule has 0 fully saturated rings. The summed E-state index contributed by atoms with van der Waals surface area (Å²) in [6, 6.07) is 14.1. The van der Waals surface area contributed by atoms with Crippen molar-refractivity contribution >= 4 is 17.6 Å². The molecule has 2 aromatic carbocycles. The van der Waals surface area contributed by atoms with E-state index < -0.39 is 0 Å². The number of amides is 1. The van der Waals surface area contributed by atoms with Crippen molar-refractivity contribution in [1.82, 2.24) is 10.6 Å². The van der Waals surface area contributed by atoms with E-state index in [4.69, 9.17) is 14.5 Å². The molecule has 0 bridgehead atoms. The van der Waals surface area contributed by atoms with Gasteiger partial charge in [-0.2, -0.15) is 0 Å². The highest BCUT2D eigenvalue weighted by Crippen LogP contribution is 2.21. The van der Waals surface area contributed by atoms with E-state index in [1.807, 2.05) is 44.2 Å². The van der Waals surface area contributed by atoms with E-state index in [1.165, 1.54) is 12.5 Å². The van der Waals surface area contributed by atoms with Crippen LogP contribution in [0.3, 0.4) is 0 Å². The van der Waals surface area contributed by atoms with Gasteiger partial charge in [0.15, 0.2) is 5.96 Å². The topological polar surface area (TPSA) is 84.0 Å². The minimum atomic E-state index is -0.0673. The summed E-state index contributed by atoms with van der Waals surface area (Å²) in [7, 11) is 0. The number of guanidine groups is 1. The van der Waals surface area contributed by atoms with Gasteiger partial charge < -0.3 is 25.4 Å². The molecule has 7 nitrogen and oxygen atoms in total. The lowest BCUT2D eigenvalue weighted by molar-refractivity contribution is -0.114. The van der Waals surface area contributed by atoms with Crippen LogP contribution < -0.4 is 20.7 Å². The molecule has 0 saturated heterocycles. The largest absolute Gasteiger partial charge is 0.491 e. The SMILES string of the molecule is CCNC(=NCc1ccc(C)cc1OCCOCC)NCCc1ccc(NC(C)=O)cc1. The molecular weight excluding hydrogens is 404 g/mol. The van der Waals surface area contributed by atoms with Gasteiger partial charge in [0.2, 0.25) is 5.91 Å². The number of benzene rings is 2. The maximum atomic E-state index is 11.1. The van der Waals surface area contributed by atoms with Crippen molar-refractivity contribution in [2.24, 2.45) is 4.99 Å². The summed E-state index contributed by atoms with van der Waals surface area (Å²) in [5, 5.41) is 9.46. The summed E-state index contributed by atoms with van der Waals surface area (Å²) in [4.78, 5) is 15.9. The summed E-state index contributed by atoms with van der Waals surface area (Å²) in [6.45, 7) is 11.4. The number of aliphatic imine (C=N–C) groups is 1. The fraction of sp³-hybridized carbons (Fsp3) is 0.440.